The number of methoxy groups -OCH3 is 2. The van der Waals surface area contributed by atoms with E-state index in [9.17, 15) is 14.4 Å². The third-order valence-corrected chi connectivity index (χ3v) is 5.81. The van der Waals surface area contributed by atoms with Crippen molar-refractivity contribution in [2.45, 2.75) is 44.2 Å². The summed E-state index contributed by atoms with van der Waals surface area (Å²) in [5, 5.41) is 5.65. The Morgan fingerprint density at radius 3 is 2.37 bits per heavy atom. The highest BCUT2D eigenvalue weighted by molar-refractivity contribution is 5.96. The van der Waals surface area contributed by atoms with Gasteiger partial charge < -0.3 is 24.8 Å². The second-order valence-corrected chi connectivity index (χ2v) is 8.32. The first-order valence-electron chi connectivity index (χ1n) is 11.7. The van der Waals surface area contributed by atoms with Gasteiger partial charge in [0.1, 0.15) is 12.6 Å². The molecular weight excluding hydrogens is 448 g/mol. The number of carbonyl (C=O) groups excluding carboxylic acids is 3. The Balaban J connectivity index is 1.66. The van der Waals surface area contributed by atoms with E-state index >= 15 is 0 Å². The highest BCUT2D eigenvalue weighted by Gasteiger charge is 2.25. The number of amides is 2. The van der Waals surface area contributed by atoms with Crippen LogP contribution in [-0.4, -0.2) is 50.7 Å². The second-order valence-electron chi connectivity index (χ2n) is 8.32. The molecule has 0 aromatic heterocycles. The molecule has 1 saturated carbocycles. The molecule has 1 fully saturated rings. The summed E-state index contributed by atoms with van der Waals surface area (Å²) >= 11 is 0. The quantitative estimate of drug-likeness (QED) is 0.399. The zero-order chi connectivity index (χ0) is 25.0. The predicted octanol–water partition coefficient (Wildman–Crippen LogP) is 3.51. The number of carbonyl (C=O) groups is 3. The molecule has 0 saturated heterocycles. The highest BCUT2D eigenvalue weighted by atomic mass is 16.5. The van der Waals surface area contributed by atoms with Gasteiger partial charge in [0, 0.05) is 12.1 Å². The van der Waals surface area contributed by atoms with Crippen LogP contribution in [0.3, 0.4) is 0 Å². The van der Waals surface area contributed by atoms with Crippen LogP contribution in [-0.2, 0) is 14.3 Å². The number of hydrogen-bond acceptors (Lipinski definition) is 6. The maximum Gasteiger partial charge on any atom is 0.338 e. The molecule has 0 heterocycles. The molecule has 0 spiro atoms. The Morgan fingerprint density at radius 2 is 1.69 bits per heavy atom. The molecule has 0 radical (unpaired) electrons. The van der Waals surface area contributed by atoms with Crippen molar-refractivity contribution in [3.63, 3.8) is 0 Å². The standard InChI is InChI=1S/C27H32N2O6/c1-33-23-15-13-19(17-24(23)34-2)14-16-25(30)29-22(26(31)28-21-11-7-4-8-12-21)18-35-27(32)20-9-5-3-6-10-20/h3,5-6,9-10,13-17,21-22H,4,7-8,11-12,18H2,1-2H3,(H,28,31)(H,29,30)/b16-14+/t22-/m0/s1. The zero-order valence-corrected chi connectivity index (χ0v) is 20.1. The summed E-state index contributed by atoms with van der Waals surface area (Å²) in [5.74, 6) is -0.303. The number of esters is 1. The minimum atomic E-state index is -1.02. The lowest BCUT2D eigenvalue weighted by Crippen LogP contribution is -2.52. The lowest BCUT2D eigenvalue weighted by atomic mass is 9.95. The molecule has 0 bridgehead atoms. The topological polar surface area (TPSA) is 103 Å². The SMILES string of the molecule is COc1ccc(/C=C/C(=O)N[C@@H](COC(=O)c2ccccc2)C(=O)NC2CCCCC2)cc1OC. The van der Waals surface area contributed by atoms with Gasteiger partial charge in [0.05, 0.1) is 19.8 Å². The molecule has 35 heavy (non-hydrogen) atoms. The van der Waals surface area contributed by atoms with E-state index in [2.05, 4.69) is 10.6 Å². The first-order chi connectivity index (χ1) is 17.0. The van der Waals surface area contributed by atoms with Crippen molar-refractivity contribution in [1.29, 1.82) is 0 Å². The maximum absolute atomic E-state index is 13.0. The average molecular weight is 481 g/mol. The fraction of sp³-hybridized carbons (Fsp3) is 0.370. The smallest absolute Gasteiger partial charge is 0.338 e. The van der Waals surface area contributed by atoms with E-state index in [0.29, 0.717) is 17.1 Å². The lowest BCUT2D eigenvalue weighted by Gasteiger charge is -2.25. The zero-order valence-electron chi connectivity index (χ0n) is 20.1. The van der Waals surface area contributed by atoms with Crippen LogP contribution in [0.4, 0.5) is 0 Å². The largest absolute Gasteiger partial charge is 0.493 e. The van der Waals surface area contributed by atoms with Crippen molar-refractivity contribution >= 4 is 23.9 Å². The van der Waals surface area contributed by atoms with Crippen LogP contribution in [0.2, 0.25) is 0 Å². The second kappa shape index (κ2) is 13.2. The Hall–Kier alpha value is -3.81. The van der Waals surface area contributed by atoms with Crippen LogP contribution in [0.5, 0.6) is 11.5 Å². The normalized spacial score (nSPS) is 14.7. The average Bonchev–Trinajstić information content (AvgIpc) is 2.90. The molecule has 186 valence electrons. The van der Waals surface area contributed by atoms with Gasteiger partial charge in [-0.2, -0.15) is 0 Å². The third kappa shape index (κ3) is 7.88. The Bertz CT molecular complexity index is 1030. The fourth-order valence-corrected chi connectivity index (χ4v) is 3.90. The van der Waals surface area contributed by atoms with E-state index in [-0.39, 0.29) is 18.6 Å². The number of nitrogens with one attached hydrogen (secondary N) is 2. The molecule has 2 amide bonds. The number of benzene rings is 2. The van der Waals surface area contributed by atoms with Gasteiger partial charge in [0.2, 0.25) is 11.8 Å². The minimum Gasteiger partial charge on any atom is -0.493 e. The van der Waals surface area contributed by atoms with Gasteiger partial charge in [-0.1, -0.05) is 43.5 Å². The van der Waals surface area contributed by atoms with Crippen molar-refractivity contribution in [3.8, 4) is 11.5 Å². The summed E-state index contributed by atoms with van der Waals surface area (Å²) in [4.78, 5) is 38.0. The summed E-state index contributed by atoms with van der Waals surface area (Å²) in [6.07, 6.45) is 7.98. The van der Waals surface area contributed by atoms with E-state index in [1.165, 1.54) is 13.2 Å². The predicted molar refractivity (Wildman–Crippen MR) is 132 cm³/mol. The van der Waals surface area contributed by atoms with Crippen LogP contribution in [0.15, 0.2) is 54.6 Å². The van der Waals surface area contributed by atoms with Gasteiger partial charge in [-0.05, 0) is 48.7 Å². The van der Waals surface area contributed by atoms with E-state index in [4.69, 9.17) is 14.2 Å². The number of ether oxygens (including phenoxy) is 3. The highest BCUT2D eigenvalue weighted by Crippen LogP contribution is 2.28. The summed E-state index contributed by atoms with van der Waals surface area (Å²) in [7, 11) is 3.08. The molecule has 1 aliphatic carbocycles. The summed E-state index contributed by atoms with van der Waals surface area (Å²) < 4.78 is 15.9. The summed E-state index contributed by atoms with van der Waals surface area (Å²) in [5.41, 5.74) is 1.09. The Kier molecular flexibility index (Phi) is 9.71. The monoisotopic (exact) mass is 480 g/mol. The van der Waals surface area contributed by atoms with Crippen LogP contribution in [0.1, 0.15) is 48.0 Å². The molecule has 0 aliphatic heterocycles. The van der Waals surface area contributed by atoms with Crippen molar-refractivity contribution in [2.24, 2.45) is 0 Å². The van der Waals surface area contributed by atoms with Gasteiger partial charge in [-0.15, -0.1) is 0 Å². The van der Waals surface area contributed by atoms with Crippen LogP contribution < -0.4 is 20.1 Å². The number of hydrogen-bond donors (Lipinski definition) is 2. The molecule has 1 aliphatic rings. The van der Waals surface area contributed by atoms with Crippen molar-refractivity contribution in [2.75, 3.05) is 20.8 Å². The van der Waals surface area contributed by atoms with Crippen molar-refractivity contribution < 1.29 is 28.6 Å². The van der Waals surface area contributed by atoms with Crippen LogP contribution in [0, 0.1) is 0 Å². The fourth-order valence-electron chi connectivity index (χ4n) is 3.90. The first-order valence-corrected chi connectivity index (χ1v) is 11.7. The van der Waals surface area contributed by atoms with Crippen LogP contribution in [0.25, 0.3) is 6.08 Å². The van der Waals surface area contributed by atoms with Gasteiger partial charge in [-0.25, -0.2) is 4.79 Å². The minimum absolute atomic E-state index is 0.0581. The van der Waals surface area contributed by atoms with Crippen molar-refractivity contribution in [3.05, 3.63) is 65.7 Å². The Morgan fingerprint density at radius 1 is 0.971 bits per heavy atom. The molecule has 0 unspecified atom stereocenters. The number of rotatable bonds is 10. The third-order valence-electron chi connectivity index (χ3n) is 5.81. The molecule has 8 nitrogen and oxygen atoms in total. The molecular formula is C27H32N2O6. The summed E-state index contributed by atoms with van der Waals surface area (Å²) in [6, 6.07) is 12.8. The maximum atomic E-state index is 13.0. The molecule has 2 N–H and O–H groups in total. The molecule has 2 aromatic carbocycles. The molecule has 2 aromatic rings. The lowest BCUT2D eigenvalue weighted by molar-refractivity contribution is -0.128. The van der Waals surface area contributed by atoms with Gasteiger partial charge in [0.25, 0.3) is 0 Å². The van der Waals surface area contributed by atoms with E-state index in [1.807, 2.05) is 0 Å². The molecule has 3 rings (SSSR count). The van der Waals surface area contributed by atoms with Gasteiger partial charge in [0.15, 0.2) is 11.5 Å². The van der Waals surface area contributed by atoms with Crippen LogP contribution >= 0.6 is 0 Å². The van der Waals surface area contributed by atoms with E-state index in [1.54, 1.807) is 61.7 Å². The Labute approximate surface area is 205 Å². The molecule has 8 heteroatoms. The van der Waals surface area contributed by atoms with E-state index < -0.39 is 17.9 Å². The summed E-state index contributed by atoms with van der Waals surface area (Å²) in [6.45, 7) is -0.276. The van der Waals surface area contributed by atoms with E-state index in [0.717, 1.165) is 37.7 Å². The molecule has 1 atom stereocenters. The van der Waals surface area contributed by atoms with Crippen molar-refractivity contribution in [1.82, 2.24) is 10.6 Å². The van der Waals surface area contributed by atoms with Gasteiger partial charge >= 0.3 is 5.97 Å². The first kappa shape index (κ1) is 25.8. The van der Waals surface area contributed by atoms with Gasteiger partial charge in [-0.3, -0.25) is 9.59 Å².